The summed E-state index contributed by atoms with van der Waals surface area (Å²) < 4.78 is 0. The van der Waals surface area contributed by atoms with Crippen molar-refractivity contribution in [2.75, 3.05) is 12.0 Å². The highest BCUT2D eigenvalue weighted by molar-refractivity contribution is 7.98. The van der Waals surface area contributed by atoms with Gasteiger partial charge in [-0.1, -0.05) is 23.2 Å². The number of carboxylic acids is 1. The highest BCUT2D eigenvalue weighted by Crippen LogP contribution is 2.17. The van der Waals surface area contributed by atoms with Gasteiger partial charge >= 0.3 is 5.97 Å². The average molecular weight is 323 g/mol. The molecule has 0 aliphatic heterocycles. The fraction of sp³-hybridized carbons (Fsp3) is 0.364. The van der Waals surface area contributed by atoms with Gasteiger partial charge in [-0.2, -0.15) is 11.8 Å². The van der Waals surface area contributed by atoms with Crippen molar-refractivity contribution >= 4 is 46.8 Å². The molecule has 19 heavy (non-hydrogen) atoms. The Morgan fingerprint density at radius 2 is 2.16 bits per heavy atom. The van der Waals surface area contributed by atoms with Crippen LogP contribution < -0.4 is 5.32 Å². The van der Waals surface area contributed by atoms with Crippen LogP contribution in [0, 0.1) is 0 Å². The minimum Gasteiger partial charge on any atom is -0.480 e. The van der Waals surface area contributed by atoms with Gasteiger partial charge in [-0.25, -0.2) is 9.78 Å². The number of rotatable bonds is 6. The van der Waals surface area contributed by atoms with Crippen LogP contribution in [0.3, 0.4) is 0 Å². The molecule has 1 aromatic rings. The monoisotopic (exact) mass is 322 g/mol. The molecule has 0 saturated heterocycles. The molecule has 104 valence electrons. The molecule has 5 nitrogen and oxygen atoms in total. The zero-order valence-electron chi connectivity index (χ0n) is 10.0. The van der Waals surface area contributed by atoms with Gasteiger partial charge in [0.15, 0.2) is 0 Å². The molecular weight excluding hydrogens is 311 g/mol. The van der Waals surface area contributed by atoms with Gasteiger partial charge in [0.25, 0.3) is 5.91 Å². The molecule has 0 fully saturated rings. The van der Waals surface area contributed by atoms with Crippen LogP contribution >= 0.6 is 35.0 Å². The molecule has 0 spiro atoms. The molecule has 1 atom stereocenters. The summed E-state index contributed by atoms with van der Waals surface area (Å²) in [6, 6.07) is 1.91. The van der Waals surface area contributed by atoms with Crippen LogP contribution in [0.15, 0.2) is 12.1 Å². The molecule has 1 heterocycles. The fourth-order valence-corrected chi connectivity index (χ4v) is 2.11. The fourth-order valence-electron chi connectivity index (χ4n) is 1.30. The predicted octanol–water partition coefficient (Wildman–Crippen LogP) is 2.32. The van der Waals surface area contributed by atoms with Gasteiger partial charge in [0.05, 0.1) is 5.02 Å². The van der Waals surface area contributed by atoms with Crippen molar-refractivity contribution in [3.05, 3.63) is 28.0 Å². The minimum absolute atomic E-state index is 0.0791. The second-order valence-electron chi connectivity index (χ2n) is 3.61. The van der Waals surface area contributed by atoms with Gasteiger partial charge in [0.1, 0.15) is 16.9 Å². The van der Waals surface area contributed by atoms with Gasteiger partial charge in [-0.3, -0.25) is 4.79 Å². The molecule has 8 heteroatoms. The average Bonchev–Trinajstić information content (AvgIpc) is 2.36. The summed E-state index contributed by atoms with van der Waals surface area (Å²) >= 11 is 13.0. The lowest BCUT2D eigenvalue weighted by Crippen LogP contribution is -2.41. The largest absolute Gasteiger partial charge is 0.480 e. The quantitative estimate of drug-likeness (QED) is 0.786. The number of aromatic nitrogens is 1. The second kappa shape index (κ2) is 7.57. The molecule has 0 bridgehead atoms. The van der Waals surface area contributed by atoms with Gasteiger partial charge in [-0.05, 0) is 30.6 Å². The summed E-state index contributed by atoms with van der Waals surface area (Å²) in [7, 11) is 0. The van der Waals surface area contributed by atoms with E-state index < -0.39 is 17.9 Å². The molecule has 2 N–H and O–H groups in total. The lowest BCUT2D eigenvalue weighted by Gasteiger charge is -2.14. The van der Waals surface area contributed by atoms with Crippen LogP contribution in [0.25, 0.3) is 0 Å². The van der Waals surface area contributed by atoms with Crippen molar-refractivity contribution in [2.45, 2.75) is 12.5 Å². The third-order valence-corrected chi connectivity index (χ3v) is 3.40. The number of pyridine rings is 1. The lowest BCUT2D eigenvalue weighted by atomic mass is 10.2. The summed E-state index contributed by atoms with van der Waals surface area (Å²) in [6.07, 6.45) is 2.18. The van der Waals surface area contributed by atoms with E-state index in [2.05, 4.69) is 10.3 Å². The van der Waals surface area contributed by atoms with Crippen LogP contribution in [0.1, 0.15) is 16.9 Å². The summed E-state index contributed by atoms with van der Waals surface area (Å²) in [5, 5.41) is 11.6. The van der Waals surface area contributed by atoms with E-state index in [0.717, 1.165) is 0 Å². The molecule has 0 aliphatic rings. The number of thioether (sulfide) groups is 1. The van der Waals surface area contributed by atoms with E-state index in [-0.39, 0.29) is 15.9 Å². The first kappa shape index (κ1) is 16.1. The molecule has 0 radical (unpaired) electrons. The zero-order chi connectivity index (χ0) is 14.4. The third-order valence-electron chi connectivity index (χ3n) is 2.24. The van der Waals surface area contributed by atoms with Crippen LogP contribution in [-0.2, 0) is 4.79 Å². The van der Waals surface area contributed by atoms with Crippen molar-refractivity contribution in [2.24, 2.45) is 0 Å². The van der Waals surface area contributed by atoms with Crippen molar-refractivity contribution in [3.8, 4) is 0 Å². The summed E-state index contributed by atoms with van der Waals surface area (Å²) in [5.74, 6) is -1.13. The molecule has 1 rings (SSSR count). The third kappa shape index (κ3) is 4.89. The Morgan fingerprint density at radius 1 is 1.47 bits per heavy atom. The Morgan fingerprint density at radius 3 is 2.74 bits per heavy atom. The van der Waals surface area contributed by atoms with E-state index in [0.29, 0.717) is 12.2 Å². The summed E-state index contributed by atoms with van der Waals surface area (Å²) in [5.41, 5.74) is -0.0791. The second-order valence-corrected chi connectivity index (χ2v) is 5.39. The highest BCUT2D eigenvalue weighted by atomic mass is 35.5. The van der Waals surface area contributed by atoms with Gasteiger partial charge < -0.3 is 10.4 Å². The molecule has 1 unspecified atom stereocenters. The molecule has 1 aromatic heterocycles. The Labute approximate surface area is 124 Å². The summed E-state index contributed by atoms with van der Waals surface area (Å²) in [6.45, 7) is 0. The SMILES string of the molecule is CSCCC(NC(=O)c1nc(Cl)ccc1Cl)C(=O)O. The lowest BCUT2D eigenvalue weighted by molar-refractivity contribution is -0.139. The number of amides is 1. The topological polar surface area (TPSA) is 79.3 Å². The standard InChI is InChI=1S/C11H12Cl2N2O3S/c1-19-5-4-7(11(17)18)14-10(16)9-6(12)2-3-8(13)15-9/h2-3,7H,4-5H2,1H3,(H,14,16)(H,17,18). The molecule has 0 aliphatic carbocycles. The Kier molecular flexibility index (Phi) is 6.41. The maximum Gasteiger partial charge on any atom is 0.326 e. The first-order valence-electron chi connectivity index (χ1n) is 5.30. The predicted molar refractivity (Wildman–Crippen MR) is 76.1 cm³/mol. The van der Waals surface area contributed by atoms with Crippen LogP contribution in [0.5, 0.6) is 0 Å². The number of carboxylic acid groups (broad SMARTS) is 1. The summed E-state index contributed by atoms with van der Waals surface area (Å²) in [4.78, 5) is 26.7. The number of hydrogen-bond donors (Lipinski definition) is 2. The molecule has 0 saturated carbocycles. The van der Waals surface area contributed by atoms with Gasteiger partial charge in [0.2, 0.25) is 0 Å². The maximum absolute atomic E-state index is 11.9. The van der Waals surface area contributed by atoms with Crippen molar-refractivity contribution in [1.82, 2.24) is 10.3 Å². The molecular formula is C11H12Cl2N2O3S. The Balaban J connectivity index is 2.81. The zero-order valence-corrected chi connectivity index (χ0v) is 12.3. The number of aliphatic carboxylic acids is 1. The van der Waals surface area contributed by atoms with Crippen molar-refractivity contribution in [1.29, 1.82) is 0 Å². The van der Waals surface area contributed by atoms with Gasteiger partial charge in [-0.15, -0.1) is 0 Å². The molecule has 1 amide bonds. The first-order chi connectivity index (χ1) is 8.95. The van der Waals surface area contributed by atoms with E-state index in [4.69, 9.17) is 28.3 Å². The highest BCUT2D eigenvalue weighted by Gasteiger charge is 2.22. The number of carbonyl (C=O) groups excluding carboxylic acids is 1. The first-order valence-corrected chi connectivity index (χ1v) is 7.45. The maximum atomic E-state index is 11.9. The number of nitrogens with zero attached hydrogens (tertiary/aromatic N) is 1. The molecule has 0 aromatic carbocycles. The van der Waals surface area contributed by atoms with Gasteiger partial charge in [0, 0.05) is 0 Å². The van der Waals surface area contributed by atoms with E-state index in [9.17, 15) is 9.59 Å². The number of carbonyl (C=O) groups is 2. The van der Waals surface area contributed by atoms with Crippen molar-refractivity contribution in [3.63, 3.8) is 0 Å². The van der Waals surface area contributed by atoms with E-state index in [1.807, 2.05) is 6.26 Å². The van der Waals surface area contributed by atoms with E-state index >= 15 is 0 Å². The van der Waals surface area contributed by atoms with Crippen LogP contribution in [0.2, 0.25) is 10.2 Å². The van der Waals surface area contributed by atoms with E-state index in [1.165, 1.54) is 23.9 Å². The minimum atomic E-state index is -1.10. The van der Waals surface area contributed by atoms with Crippen LogP contribution in [-0.4, -0.2) is 40.0 Å². The van der Waals surface area contributed by atoms with Crippen LogP contribution in [0.4, 0.5) is 0 Å². The number of halogens is 2. The van der Waals surface area contributed by atoms with E-state index in [1.54, 1.807) is 0 Å². The number of nitrogens with one attached hydrogen (secondary N) is 1. The Hall–Kier alpha value is -0.980. The van der Waals surface area contributed by atoms with Crippen molar-refractivity contribution < 1.29 is 14.7 Å². The Bertz CT molecular complexity index is 485. The number of hydrogen-bond acceptors (Lipinski definition) is 4. The smallest absolute Gasteiger partial charge is 0.326 e. The normalized spacial score (nSPS) is 11.9.